The van der Waals surface area contributed by atoms with Gasteiger partial charge in [0, 0.05) is 39.3 Å². The van der Waals surface area contributed by atoms with Crippen LogP contribution in [0.3, 0.4) is 0 Å². The lowest BCUT2D eigenvalue weighted by molar-refractivity contribution is -0.144. The molecule has 0 aromatic heterocycles. The van der Waals surface area contributed by atoms with Crippen LogP contribution in [0.15, 0.2) is 30.3 Å². The standard InChI is InChI=1S/C21H33N3O3/c1-17(2)9-14-27-18(3)21(26)24-12-10-23(11-13-24)16-20(25)22-15-19-7-5-4-6-8-19/h4-8,17-18H,9-16H2,1-3H3,(H,22,25). The molecule has 0 spiro atoms. The summed E-state index contributed by atoms with van der Waals surface area (Å²) in [6.07, 6.45) is 0.563. The van der Waals surface area contributed by atoms with E-state index in [1.807, 2.05) is 42.2 Å². The first-order valence-corrected chi connectivity index (χ1v) is 9.89. The number of amides is 2. The number of hydrogen-bond acceptors (Lipinski definition) is 4. The molecule has 1 aliphatic rings. The van der Waals surface area contributed by atoms with Crippen LogP contribution in [0.5, 0.6) is 0 Å². The molecular formula is C21H33N3O3. The number of hydrogen-bond donors (Lipinski definition) is 1. The molecule has 1 N–H and O–H groups in total. The molecule has 0 bridgehead atoms. The van der Waals surface area contributed by atoms with Crippen molar-refractivity contribution in [1.29, 1.82) is 0 Å². The number of rotatable bonds is 9. The highest BCUT2D eigenvalue weighted by Crippen LogP contribution is 2.08. The van der Waals surface area contributed by atoms with Gasteiger partial charge in [0.15, 0.2) is 0 Å². The highest BCUT2D eigenvalue weighted by Gasteiger charge is 2.26. The van der Waals surface area contributed by atoms with Gasteiger partial charge in [-0.05, 0) is 24.8 Å². The number of benzene rings is 1. The molecule has 0 radical (unpaired) electrons. The lowest BCUT2D eigenvalue weighted by Crippen LogP contribution is -2.53. The van der Waals surface area contributed by atoms with Crippen molar-refractivity contribution in [2.75, 3.05) is 39.3 Å². The molecule has 1 aromatic rings. The molecule has 1 unspecified atom stereocenters. The Bertz CT molecular complexity index is 584. The van der Waals surface area contributed by atoms with E-state index < -0.39 is 6.10 Å². The van der Waals surface area contributed by atoms with Crippen LogP contribution in [-0.4, -0.2) is 67.0 Å². The summed E-state index contributed by atoms with van der Waals surface area (Å²) in [5.74, 6) is 0.639. The molecule has 0 saturated carbocycles. The van der Waals surface area contributed by atoms with Crippen molar-refractivity contribution >= 4 is 11.8 Å². The predicted molar refractivity (Wildman–Crippen MR) is 106 cm³/mol. The third kappa shape index (κ3) is 7.69. The van der Waals surface area contributed by atoms with Gasteiger partial charge in [0.05, 0.1) is 6.54 Å². The highest BCUT2D eigenvalue weighted by atomic mass is 16.5. The normalized spacial score (nSPS) is 16.4. The van der Waals surface area contributed by atoms with Crippen molar-refractivity contribution in [3.8, 4) is 0 Å². The Labute approximate surface area is 162 Å². The van der Waals surface area contributed by atoms with Crippen molar-refractivity contribution in [2.24, 2.45) is 5.92 Å². The SMILES string of the molecule is CC(C)CCOC(C)C(=O)N1CCN(CC(=O)NCc2ccccc2)CC1. The Balaban J connectivity index is 1.65. The van der Waals surface area contributed by atoms with E-state index in [4.69, 9.17) is 4.74 Å². The van der Waals surface area contributed by atoms with Gasteiger partial charge in [0.1, 0.15) is 6.10 Å². The zero-order chi connectivity index (χ0) is 19.6. The molecule has 0 aliphatic carbocycles. The van der Waals surface area contributed by atoms with E-state index in [0.717, 1.165) is 12.0 Å². The lowest BCUT2D eigenvalue weighted by Gasteiger charge is -2.35. The number of ether oxygens (including phenoxy) is 1. The molecule has 1 heterocycles. The van der Waals surface area contributed by atoms with Gasteiger partial charge < -0.3 is 15.0 Å². The minimum Gasteiger partial charge on any atom is -0.369 e. The summed E-state index contributed by atoms with van der Waals surface area (Å²) >= 11 is 0. The minimum absolute atomic E-state index is 0.0176. The maximum atomic E-state index is 12.5. The lowest BCUT2D eigenvalue weighted by atomic mass is 10.1. The van der Waals surface area contributed by atoms with E-state index in [-0.39, 0.29) is 11.8 Å². The fourth-order valence-corrected chi connectivity index (χ4v) is 2.99. The monoisotopic (exact) mass is 375 g/mol. The fraction of sp³-hybridized carbons (Fsp3) is 0.619. The number of nitrogens with zero attached hydrogens (tertiary/aromatic N) is 2. The van der Waals surface area contributed by atoms with Crippen molar-refractivity contribution < 1.29 is 14.3 Å². The number of piperazine rings is 1. The summed E-state index contributed by atoms with van der Waals surface area (Å²) in [4.78, 5) is 28.5. The van der Waals surface area contributed by atoms with E-state index in [2.05, 4.69) is 24.1 Å². The molecule has 6 nitrogen and oxygen atoms in total. The average Bonchev–Trinajstić information content (AvgIpc) is 2.67. The molecule has 2 amide bonds. The second-order valence-corrected chi connectivity index (χ2v) is 7.56. The average molecular weight is 376 g/mol. The molecule has 1 aromatic carbocycles. The van der Waals surface area contributed by atoms with Crippen LogP contribution in [0.2, 0.25) is 0 Å². The minimum atomic E-state index is -0.399. The molecule has 1 fully saturated rings. The van der Waals surface area contributed by atoms with Gasteiger partial charge >= 0.3 is 0 Å². The molecular weight excluding hydrogens is 342 g/mol. The first-order valence-electron chi connectivity index (χ1n) is 9.89. The largest absolute Gasteiger partial charge is 0.369 e. The summed E-state index contributed by atoms with van der Waals surface area (Å²) in [6.45, 7) is 10.4. The Hall–Kier alpha value is -1.92. The van der Waals surface area contributed by atoms with Gasteiger partial charge in [-0.1, -0.05) is 44.2 Å². The topological polar surface area (TPSA) is 61.9 Å². The maximum Gasteiger partial charge on any atom is 0.251 e. The van der Waals surface area contributed by atoms with E-state index in [1.165, 1.54) is 0 Å². The molecule has 150 valence electrons. The van der Waals surface area contributed by atoms with Gasteiger partial charge in [0.25, 0.3) is 5.91 Å². The van der Waals surface area contributed by atoms with Gasteiger partial charge in [-0.15, -0.1) is 0 Å². The molecule has 27 heavy (non-hydrogen) atoms. The third-order valence-corrected chi connectivity index (χ3v) is 4.79. The predicted octanol–water partition coefficient (Wildman–Crippen LogP) is 1.90. The fourth-order valence-electron chi connectivity index (χ4n) is 2.99. The van der Waals surface area contributed by atoms with Gasteiger partial charge in [-0.25, -0.2) is 0 Å². The number of carbonyl (C=O) groups is 2. The Morgan fingerprint density at radius 3 is 2.37 bits per heavy atom. The van der Waals surface area contributed by atoms with Gasteiger partial charge in [-0.2, -0.15) is 0 Å². The first-order chi connectivity index (χ1) is 13.0. The van der Waals surface area contributed by atoms with Crippen molar-refractivity contribution in [3.05, 3.63) is 35.9 Å². The van der Waals surface area contributed by atoms with Crippen LogP contribution in [-0.2, 0) is 20.9 Å². The second-order valence-electron chi connectivity index (χ2n) is 7.56. The smallest absolute Gasteiger partial charge is 0.251 e. The van der Waals surface area contributed by atoms with E-state index in [0.29, 0.717) is 51.8 Å². The Morgan fingerprint density at radius 1 is 1.07 bits per heavy atom. The van der Waals surface area contributed by atoms with Crippen molar-refractivity contribution in [2.45, 2.75) is 39.8 Å². The van der Waals surface area contributed by atoms with E-state index >= 15 is 0 Å². The van der Waals surface area contributed by atoms with Crippen LogP contribution in [0.1, 0.15) is 32.8 Å². The van der Waals surface area contributed by atoms with E-state index in [1.54, 1.807) is 0 Å². The summed E-state index contributed by atoms with van der Waals surface area (Å²) in [5, 5.41) is 2.95. The molecule has 2 rings (SSSR count). The van der Waals surface area contributed by atoms with Gasteiger partial charge in [-0.3, -0.25) is 14.5 Å². The summed E-state index contributed by atoms with van der Waals surface area (Å²) in [7, 11) is 0. The quantitative estimate of drug-likeness (QED) is 0.716. The van der Waals surface area contributed by atoms with E-state index in [9.17, 15) is 9.59 Å². The summed E-state index contributed by atoms with van der Waals surface area (Å²) < 4.78 is 5.66. The summed E-state index contributed by atoms with van der Waals surface area (Å²) in [6, 6.07) is 9.88. The second kappa shape index (κ2) is 11.0. The zero-order valence-corrected chi connectivity index (χ0v) is 16.8. The molecule has 1 saturated heterocycles. The summed E-state index contributed by atoms with van der Waals surface area (Å²) in [5.41, 5.74) is 1.09. The molecule has 1 atom stereocenters. The third-order valence-electron chi connectivity index (χ3n) is 4.79. The number of carbonyl (C=O) groups excluding carboxylic acids is 2. The van der Waals surface area contributed by atoms with Gasteiger partial charge in [0.2, 0.25) is 5.91 Å². The van der Waals surface area contributed by atoms with Crippen LogP contribution in [0.4, 0.5) is 0 Å². The van der Waals surface area contributed by atoms with Crippen molar-refractivity contribution in [1.82, 2.24) is 15.1 Å². The van der Waals surface area contributed by atoms with Crippen molar-refractivity contribution in [3.63, 3.8) is 0 Å². The zero-order valence-electron chi connectivity index (χ0n) is 16.8. The van der Waals surface area contributed by atoms with Crippen LogP contribution in [0.25, 0.3) is 0 Å². The molecule has 1 aliphatic heterocycles. The Morgan fingerprint density at radius 2 is 1.74 bits per heavy atom. The molecule has 6 heteroatoms. The van der Waals surface area contributed by atoms with Crippen LogP contribution >= 0.6 is 0 Å². The van der Waals surface area contributed by atoms with Crippen LogP contribution < -0.4 is 5.32 Å². The first kappa shape index (κ1) is 21.4. The highest BCUT2D eigenvalue weighted by molar-refractivity contribution is 5.81. The maximum absolute atomic E-state index is 12.5. The Kier molecular flexibility index (Phi) is 8.75. The van der Waals surface area contributed by atoms with Crippen LogP contribution in [0, 0.1) is 5.92 Å². The number of nitrogens with one attached hydrogen (secondary N) is 1.